The smallest absolute Gasteiger partial charge is 0.405 e. The second-order valence-corrected chi connectivity index (χ2v) is 3.82. The van der Waals surface area contributed by atoms with Crippen molar-refractivity contribution in [2.75, 3.05) is 14.1 Å². The summed E-state index contributed by atoms with van der Waals surface area (Å²) in [6, 6.07) is 0. The highest BCUT2D eigenvalue weighted by Gasteiger charge is 2.64. The molecule has 1 saturated carbocycles. The van der Waals surface area contributed by atoms with Gasteiger partial charge in [0.05, 0.1) is 12.8 Å². The summed E-state index contributed by atoms with van der Waals surface area (Å²) in [7, 11) is 2.79. The maximum atomic E-state index is 12.7. The quantitative estimate of drug-likeness (QED) is 0.732. The van der Waals surface area contributed by atoms with Crippen LogP contribution in [0.15, 0.2) is 0 Å². The summed E-state index contributed by atoms with van der Waals surface area (Å²) in [6.07, 6.45) is -2.83. The molecule has 15 heavy (non-hydrogen) atoms. The normalized spacial score (nSPS) is 21.3. The number of rotatable bonds is 2. The Bertz CT molecular complexity index is 296. The largest absolute Gasteiger partial charge is 0.432 e. The van der Waals surface area contributed by atoms with E-state index < -0.39 is 36.4 Å². The van der Waals surface area contributed by atoms with Gasteiger partial charge in [0, 0.05) is 14.1 Å². The highest BCUT2D eigenvalue weighted by atomic mass is 19.3. The van der Waals surface area contributed by atoms with Crippen LogP contribution in [0.25, 0.3) is 0 Å². The van der Waals surface area contributed by atoms with Crippen LogP contribution in [0, 0.1) is 0 Å². The van der Waals surface area contributed by atoms with Crippen molar-refractivity contribution in [3.05, 3.63) is 0 Å². The van der Waals surface area contributed by atoms with Crippen LogP contribution in [0.2, 0.25) is 0 Å². The lowest BCUT2D eigenvalue weighted by Gasteiger charge is -2.45. The Balaban J connectivity index is 2.82. The van der Waals surface area contributed by atoms with Gasteiger partial charge in [0.25, 0.3) is 11.8 Å². The number of ether oxygens (including phenoxy) is 1. The van der Waals surface area contributed by atoms with Crippen molar-refractivity contribution < 1.29 is 23.1 Å². The molecule has 0 aromatic heterocycles. The van der Waals surface area contributed by atoms with Crippen molar-refractivity contribution in [2.24, 2.45) is 5.73 Å². The number of primary amides is 1. The Morgan fingerprint density at radius 3 is 2.07 bits per heavy atom. The van der Waals surface area contributed by atoms with E-state index in [0.717, 1.165) is 4.90 Å². The Hall–Kier alpha value is -1.40. The molecule has 5 nitrogen and oxygen atoms in total. The fourth-order valence-electron chi connectivity index (χ4n) is 1.65. The zero-order valence-electron chi connectivity index (χ0n) is 8.42. The molecule has 0 bridgehead atoms. The van der Waals surface area contributed by atoms with Crippen LogP contribution < -0.4 is 5.73 Å². The first-order valence-electron chi connectivity index (χ1n) is 4.27. The molecule has 0 heterocycles. The Morgan fingerprint density at radius 2 is 1.80 bits per heavy atom. The van der Waals surface area contributed by atoms with E-state index in [1.54, 1.807) is 0 Å². The van der Waals surface area contributed by atoms with Crippen LogP contribution in [0.5, 0.6) is 0 Å². The minimum absolute atomic E-state index is 0.674. The molecule has 2 N–H and O–H groups in total. The zero-order chi connectivity index (χ0) is 11.9. The number of hydrogen-bond donors (Lipinski definition) is 1. The van der Waals surface area contributed by atoms with Crippen molar-refractivity contribution in [3.8, 4) is 0 Å². The average Bonchev–Trinajstić information content (AvgIpc) is 1.97. The number of hydrogen-bond acceptors (Lipinski definition) is 3. The molecule has 0 atom stereocenters. The van der Waals surface area contributed by atoms with E-state index in [2.05, 4.69) is 4.74 Å². The molecule has 0 aliphatic heterocycles. The number of likely N-dealkylation sites (N-methyl/N-ethyl adjacent to an activating group) is 1. The second-order valence-electron chi connectivity index (χ2n) is 3.82. The first-order valence-corrected chi connectivity index (χ1v) is 4.27. The summed E-state index contributed by atoms with van der Waals surface area (Å²) in [4.78, 5) is 23.2. The molecular weight excluding hydrogens is 210 g/mol. The van der Waals surface area contributed by atoms with Gasteiger partial charge in [-0.3, -0.25) is 4.79 Å². The number of amides is 2. The molecule has 1 fully saturated rings. The zero-order valence-corrected chi connectivity index (χ0v) is 8.42. The summed E-state index contributed by atoms with van der Waals surface area (Å²) in [6.45, 7) is 0. The van der Waals surface area contributed by atoms with E-state index in [0.29, 0.717) is 0 Å². The Morgan fingerprint density at radius 1 is 1.33 bits per heavy atom. The van der Waals surface area contributed by atoms with E-state index in [1.165, 1.54) is 14.1 Å². The highest BCUT2D eigenvalue weighted by molar-refractivity contribution is 5.88. The number of halogens is 2. The standard InChI is InChI=1S/C8H12F2N2O3/c1-12(2)5(13)7(15-6(11)14)3-8(9,10)4-7/h3-4H2,1-2H3,(H2,11,14). The average molecular weight is 222 g/mol. The number of nitrogens with two attached hydrogens (primary N) is 1. The SMILES string of the molecule is CN(C)C(=O)C1(OC(N)=O)CC(F)(F)C1. The van der Waals surface area contributed by atoms with Crippen molar-refractivity contribution in [2.45, 2.75) is 24.4 Å². The lowest BCUT2D eigenvalue weighted by atomic mass is 9.75. The maximum Gasteiger partial charge on any atom is 0.405 e. The topological polar surface area (TPSA) is 72.6 Å². The molecule has 1 rings (SSSR count). The minimum atomic E-state index is -2.97. The summed E-state index contributed by atoms with van der Waals surface area (Å²) in [5.74, 6) is -3.64. The van der Waals surface area contributed by atoms with E-state index in [-0.39, 0.29) is 0 Å². The first kappa shape index (κ1) is 11.7. The Labute approximate surface area is 85.2 Å². The molecule has 0 unspecified atom stereocenters. The fourth-order valence-corrected chi connectivity index (χ4v) is 1.65. The number of carbonyl (C=O) groups is 2. The predicted molar refractivity (Wildman–Crippen MR) is 46.3 cm³/mol. The maximum absolute atomic E-state index is 12.7. The van der Waals surface area contributed by atoms with Gasteiger partial charge in [-0.15, -0.1) is 0 Å². The third-order valence-corrected chi connectivity index (χ3v) is 2.18. The second kappa shape index (κ2) is 3.32. The third-order valence-electron chi connectivity index (χ3n) is 2.18. The molecule has 0 radical (unpaired) electrons. The molecule has 7 heteroatoms. The number of nitrogens with zero attached hydrogens (tertiary/aromatic N) is 1. The van der Waals surface area contributed by atoms with Gasteiger partial charge in [-0.05, 0) is 0 Å². The van der Waals surface area contributed by atoms with E-state index in [9.17, 15) is 18.4 Å². The van der Waals surface area contributed by atoms with Gasteiger partial charge in [-0.25, -0.2) is 13.6 Å². The summed E-state index contributed by atoms with van der Waals surface area (Å²) in [5, 5.41) is 0. The van der Waals surface area contributed by atoms with Crippen molar-refractivity contribution in [3.63, 3.8) is 0 Å². The van der Waals surface area contributed by atoms with Crippen LogP contribution in [-0.2, 0) is 9.53 Å². The summed E-state index contributed by atoms with van der Waals surface area (Å²) in [5.41, 5.74) is 2.96. The van der Waals surface area contributed by atoms with Crippen molar-refractivity contribution in [1.82, 2.24) is 4.90 Å². The van der Waals surface area contributed by atoms with Crippen molar-refractivity contribution in [1.29, 1.82) is 0 Å². The van der Waals surface area contributed by atoms with Gasteiger partial charge in [-0.1, -0.05) is 0 Å². The van der Waals surface area contributed by atoms with E-state index >= 15 is 0 Å². The van der Waals surface area contributed by atoms with E-state index in [1.807, 2.05) is 0 Å². The van der Waals surface area contributed by atoms with Gasteiger partial charge in [0.2, 0.25) is 5.60 Å². The van der Waals surface area contributed by atoms with Gasteiger partial charge in [0.1, 0.15) is 0 Å². The van der Waals surface area contributed by atoms with Gasteiger partial charge < -0.3 is 15.4 Å². The first-order chi connectivity index (χ1) is 6.68. The lowest BCUT2D eigenvalue weighted by molar-refractivity contribution is -0.212. The number of alkyl halides is 2. The molecule has 86 valence electrons. The third kappa shape index (κ3) is 2.16. The molecule has 1 aliphatic rings. The molecule has 0 aromatic rings. The molecular formula is C8H12F2N2O3. The molecule has 1 aliphatic carbocycles. The lowest BCUT2D eigenvalue weighted by Crippen LogP contribution is -2.62. The molecule has 0 saturated heterocycles. The van der Waals surface area contributed by atoms with Crippen LogP contribution in [0.1, 0.15) is 12.8 Å². The summed E-state index contributed by atoms with van der Waals surface area (Å²) >= 11 is 0. The monoisotopic (exact) mass is 222 g/mol. The fraction of sp³-hybridized carbons (Fsp3) is 0.750. The van der Waals surface area contributed by atoms with Crippen LogP contribution in [0.3, 0.4) is 0 Å². The molecule has 0 spiro atoms. The van der Waals surface area contributed by atoms with Crippen LogP contribution >= 0.6 is 0 Å². The highest BCUT2D eigenvalue weighted by Crippen LogP contribution is 2.48. The van der Waals surface area contributed by atoms with Crippen LogP contribution in [0.4, 0.5) is 13.6 Å². The van der Waals surface area contributed by atoms with E-state index in [4.69, 9.17) is 5.73 Å². The van der Waals surface area contributed by atoms with Crippen molar-refractivity contribution >= 4 is 12.0 Å². The van der Waals surface area contributed by atoms with Gasteiger partial charge >= 0.3 is 6.09 Å². The summed E-state index contributed by atoms with van der Waals surface area (Å²) < 4.78 is 29.9. The Kier molecular flexibility index (Phi) is 2.58. The molecule has 2 amide bonds. The van der Waals surface area contributed by atoms with Gasteiger partial charge in [-0.2, -0.15) is 0 Å². The number of carbonyl (C=O) groups excluding carboxylic acids is 2. The van der Waals surface area contributed by atoms with Crippen LogP contribution in [-0.4, -0.2) is 42.5 Å². The van der Waals surface area contributed by atoms with Gasteiger partial charge in [0.15, 0.2) is 0 Å². The predicted octanol–water partition coefficient (Wildman–Crippen LogP) is 0.338. The molecule has 0 aromatic carbocycles. The minimum Gasteiger partial charge on any atom is -0.432 e.